The largest absolute Gasteiger partial charge is 0.454 e. The predicted octanol–water partition coefficient (Wildman–Crippen LogP) is 14.4. The summed E-state index contributed by atoms with van der Waals surface area (Å²) in [4.78, 5) is 13.4. The summed E-state index contributed by atoms with van der Waals surface area (Å²) in [6.45, 7) is 40.4. The van der Waals surface area contributed by atoms with Gasteiger partial charge in [-0.2, -0.15) is 0 Å². The molecule has 25 heteroatoms. The molecule has 109 heavy (non-hydrogen) atoms. The van der Waals surface area contributed by atoms with E-state index in [0.29, 0.717) is 92.1 Å². The molecule has 0 amide bonds. The van der Waals surface area contributed by atoms with E-state index < -0.39 is 148 Å². The molecular weight excluding hydrogens is 1410 g/mol. The first-order chi connectivity index (χ1) is 53.0. The molecule has 0 aliphatic carbocycles. The van der Waals surface area contributed by atoms with Crippen LogP contribution in [0.25, 0.3) is 0 Å². The lowest BCUT2D eigenvalue weighted by Gasteiger charge is -2.50. The topological polar surface area (TPSA) is 261 Å². The number of rotatable bonds is 72. The van der Waals surface area contributed by atoms with Gasteiger partial charge < -0.3 is 114 Å². The van der Waals surface area contributed by atoms with Gasteiger partial charge in [-0.1, -0.05) is 174 Å². The molecule has 23 atom stereocenters. The van der Waals surface area contributed by atoms with Crippen molar-refractivity contribution in [3.8, 4) is 0 Å². The third kappa shape index (κ3) is 40.0. The van der Waals surface area contributed by atoms with Crippen LogP contribution < -0.4 is 0 Å². The highest BCUT2D eigenvalue weighted by Crippen LogP contribution is 2.38. The average molecular weight is 1570 g/mol. The second-order valence-corrected chi connectivity index (χ2v) is 30.0. The first-order valence-corrected chi connectivity index (χ1v) is 43.6. The Balaban J connectivity index is 2.44. The smallest absolute Gasteiger partial charge is 0.303 e. The zero-order valence-electron chi connectivity index (χ0n) is 71.5. The number of ether oxygens (including phenoxy) is 22. The SMILES string of the molecule is CCCCOCC1O[C@@H](O[C@@H](C)C(COCCCC)O[C@@H](O[C@H]2C(OCCCC)[C@@H](OCCCC)C(COCCCC)O[C@H]2OC2[C@H](O)C(CO)O[C@@H](O[C@@H](C)C(COCCCC)O[C@@H](OCCCC)[C@@H](C)COCCCC)[C@@H]2OCCCC)[C@@H](C)COCCCC)[C@@H](OC(C)=O)C(OCCCC)[C@H]1OCCCC. The van der Waals surface area contributed by atoms with Gasteiger partial charge in [0.1, 0.15) is 79.4 Å². The number of carbonyl (C=O) groups excluding carboxylic acids is 1. The molecule has 3 aliphatic heterocycles. The van der Waals surface area contributed by atoms with Gasteiger partial charge in [0, 0.05) is 98.0 Å². The van der Waals surface area contributed by atoms with Crippen molar-refractivity contribution in [2.24, 2.45) is 11.8 Å². The predicted molar refractivity (Wildman–Crippen MR) is 420 cm³/mol. The molecule has 2 N–H and O–H groups in total. The fourth-order valence-corrected chi connectivity index (χ4v) is 12.6. The number of unbranched alkanes of at least 4 members (excludes halogenated alkanes) is 12. The van der Waals surface area contributed by atoms with Crippen LogP contribution in [0.15, 0.2) is 0 Å². The zero-order chi connectivity index (χ0) is 79.8. The monoisotopic (exact) mass is 1570 g/mol. The Labute approximate surface area is 660 Å². The second kappa shape index (κ2) is 64.6. The third-order valence-corrected chi connectivity index (χ3v) is 19.7. The van der Waals surface area contributed by atoms with Crippen molar-refractivity contribution in [2.45, 2.75) is 401 Å². The lowest BCUT2D eigenvalue weighted by Crippen LogP contribution is -2.67. The van der Waals surface area contributed by atoms with E-state index in [1.54, 1.807) is 0 Å². The van der Waals surface area contributed by atoms with Crippen LogP contribution in [0.5, 0.6) is 0 Å². The molecule has 0 aromatic carbocycles. The molecule has 3 rings (SSSR count). The normalized spacial score (nSPS) is 27.0. The molecule has 0 saturated carbocycles. The van der Waals surface area contributed by atoms with Crippen LogP contribution in [0.1, 0.15) is 272 Å². The van der Waals surface area contributed by atoms with Gasteiger partial charge in [-0.25, -0.2) is 0 Å². The molecule has 3 saturated heterocycles. The summed E-state index contributed by atoms with van der Waals surface area (Å²) in [5, 5.41) is 24.2. The summed E-state index contributed by atoms with van der Waals surface area (Å²) in [5.41, 5.74) is 0. The number of aliphatic hydroxyl groups is 2. The number of carbonyl (C=O) groups is 1. The minimum absolute atomic E-state index is 0.0405. The van der Waals surface area contributed by atoms with Crippen molar-refractivity contribution < 1.29 is 119 Å². The van der Waals surface area contributed by atoms with E-state index >= 15 is 0 Å². The van der Waals surface area contributed by atoms with E-state index in [9.17, 15) is 15.0 Å². The summed E-state index contributed by atoms with van der Waals surface area (Å²) in [6, 6.07) is 0. The maximum absolute atomic E-state index is 13.4. The average Bonchev–Trinajstić information content (AvgIpc) is 0.771. The Bertz CT molecular complexity index is 2080. The van der Waals surface area contributed by atoms with Crippen molar-refractivity contribution in [3.05, 3.63) is 0 Å². The van der Waals surface area contributed by atoms with Crippen LogP contribution in [-0.4, -0.2) is 271 Å². The van der Waals surface area contributed by atoms with Gasteiger partial charge in [0.25, 0.3) is 0 Å². The van der Waals surface area contributed by atoms with Crippen LogP contribution in [-0.2, 0) is 109 Å². The molecule has 8 unspecified atom stereocenters. The maximum atomic E-state index is 13.4. The summed E-state index contributed by atoms with van der Waals surface area (Å²) >= 11 is 0. The molecule has 648 valence electrons. The molecule has 0 aromatic heterocycles. The van der Waals surface area contributed by atoms with E-state index in [2.05, 4.69) is 90.0 Å². The summed E-state index contributed by atoms with van der Waals surface area (Å²) < 4.78 is 151. The Morgan fingerprint density at radius 3 is 1.09 bits per heavy atom. The number of aliphatic hydroxyl groups excluding tert-OH is 2. The zero-order valence-corrected chi connectivity index (χ0v) is 71.5. The van der Waals surface area contributed by atoms with Crippen molar-refractivity contribution in [1.82, 2.24) is 0 Å². The Hall–Kier alpha value is -1.45. The lowest BCUT2D eigenvalue weighted by atomic mass is 9.95. The van der Waals surface area contributed by atoms with Crippen molar-refractivity contribution in [1.29, 1.82) is 0 Å². The molecule has 25 nitrogen and oxygen atoms in total. The Morgan fingerprint density at radius 1 is 0.349 bits per heavy atom. The van der Waals surface area contributed by atoms with Gasteiger partial charge in [0.15, 0.2) is 37.6 Å². The van der Waals surface area contributed by atoms with Gasteiger partial charge in [0.05, 0.1) is 58.5 Å². The van der Waals surface area contributed by atoms with Crippen molar-refractivity contribution in [3.63, 3.8) is 0 Å². The lowest BCUT2D eigenvalue weighted by molar-refractivity contribution is -0.391. The minimum Gasteiger partial charge on any atom is -0.454 e. The van der Waals surface area contributed by atoms with Gasteiger partial charge >= 0.3 is 5.97 Å². The highest BCUT2D eigenvalue weighted by Gasteiger charge is 2.56. The van der Waals surface area contributed by atoms with Gasteiger partial charge in [-0.3, -0.25) is 4.79 Å². The fourth-order valence-electron chi connectivity index (χ4n) is 12.6. The molecule has 3 heterocycles. The van der Waals surface area contributed by atoms with Gasteiger partial charge in [-0.05, 0) is 90.9 Å². The highest BCUT2D eigenvalue weighted by atomic mass is 16.8. The second-order valence-electron chi connectivity index (χ2n) is 30.0. The number of hydrogen-bond acceptors (Lipinski definition) is 25. The van der Waals surface area contributed by atoms with Crippen LogP contribution in [0.3, 0.4) is 0 Å². The summed E-state index contributed by atoms with van der Waals surface area (Å²) in [7, 11) is 0. The van der Waals surface area contributed by atoms with Gasteiger partial charge in [0.2, 0.25) is 0 Å². The Morgan fingerprint density at radius 2 is 0.679 bits per heavy atom. The quantitative estimate of drug-likeness (QED) is 0.0326. The van der Waals surface area contributed by atoms with Crippen molar-refractivity contribution >= 4 is 5.97 Å². The van der Waals surface area contributed by atoms with Crippen LogP contribution in [0, 0.1) is 11.8 Å². The number of esters is 1. The minimum atomic E-state index is -1.52. The van der Waals surface area contributed by atoms with E-state index in [-0.39, 0.29) is 45.6 Å². The highest BCUT2D eigenvalue weighted by molar-refractivity contribution is 5.66. The van der Waals surface area contributed by atoms with E-state index in [1.807, 2.05) is 20.8 Å². The standard InChI is InChI=1S/C84H162O25/c1-18-30-42-88-55-61(13)80(99-53-41-29-12)104-67(57-90-44-32-20-3)63(15)100-82-77(98-52-40-28-11)74(71(87)66(54-85)103-82)108-84-79(76(97-51-39-27-10)73(95-49-37-25-8)70(107-84)60-93-47-35-23-6)109-81(62(14)56-89-43-31-19-2)105-68(58-91-45-33-21-4)64(16)101-83-78(102-65(17)86)75(96-50-38-26-9)72(94-48-36-24-7)69(106-83)59-92-46-34-22-5/h61-64,66-85,87H,18-60H2,1-17H3/t61-,62-,63-,64-,66?,67?,68?,69?,70?,71+,72-,73-,74?,75?,76?,77+,78-,79-,80+,81-,82+,83+,84-/m0/s1. The molecular formula is C84H162O25. The molecule has 0 spiro atoms. The Kier molecular flexibility index (Phi) is 60.3. The van der Waals surface area contributed by atoms with Crippen molar-refractivity contribution in [2.75, 3.05) is 126 Å². The number of hydrogen-bond donors (Lipinski definition) is 2. The molecule has 3 aliphatic rings. The van der Waals surface area contributed by atoms with E-state index in [4.69, 9.17) is 104 Å². The summed E-state index contributed by atoms with van der Waals surface area (Å²) in [5.74, 6) is -1.20. The third-order valence-electron chi connectivity index (χ3n) is 19.7. The molecule has 3 fully saturated rings. The summed E-state index contributed by atoms with van der Waals surface area (Å²) in [6.07, 6.45) is -0.556. The van der Waals surface area contributed by atoms with E-state index in [1.165, 1.54) is 6.92 Å². The first kappa shape index (κ1) is 102. The molecule has 0 bridgehead atoms. The first-order valence-electron chi connectivity index (χ1n) is 43.6. The van der Waals surface area contributed by atoms with Crippen LogP contribution in [0.2, 0.25) is 0 Å². The van der Waals surface area contributed by atoms with E-state index in [0.717, 1.165) is 141 Å². The molecule has 0 aromatic rings. The molecule has 0 radical (unpaired) electrons. The maximum Gasteiger partial charge on any atom is 0.303 e. The van der Waals surface area contributed by atoms with Gasteiger partial charge in [-0.15, -0.1) is 0 Å². The van der Waals surface area contributed by atoms with Crippen LogP contribution >= 0.6 is 0 Å². The van der Waals surface area contributed by atoms with Crippen LogP contribution in [0.4, 0.5) is 0 Å². The fraction of sp³-hybridized carbons (Fsp3) is 0.988.